The molecule has 3 nitrogen and oxygen atoms in total. The van der Waals surface area contributed by atoms with E-state index < -0.39 is 5.60 Å². The summed E-state index contributed by atoms with van der Waals surface area (Å²) in [5, 5.41) is 0. The third-order valence-electron chi connectivity index (χ3n) is 2.02. The van der Waals surface area contributed by atoms with Crippen molar-refractivity contribution in [3.05, 3.63) is 23.4 Å². The van der Waals surface area contributed by atoms with Crippen LogP contribution in [0.3, 0.4) is 0 Å². The molecule has 2 rings (SSSR count). The fourth-order valence-corrected chi connectivity index (χ4v) is 1.77. The molecule has 1 aromatic heterocycles. The van der Waals surface area contributed by atoms with Crippen molar-refractivity contribution < 1.29 is 9.53 Å². The number of aromatic nitrogens is 1. The van der Waals surface area contributed by atoms with E-state index in [1.165, 1.54) is 0 Å². The SMILES string of the molecule is CC1(C)OC(=O)c2ccc([As])nc21. The van der Waals surface area contributed by atoms with Crippen LogP contribution in [0.1, 0.15) is 29.9 Å². The molecule has 2 heterocycles. The van der Waals surface area contributed by atoms with Crippen molar-refractivity contribution in [3.63, 3.8) is 0 Å². The molecule has 0 atom stereocenters. The standard InChI is InChI=1S/C9H8AsNO2/c1-9(2)7-5(8(12)13-9)3-4-6(10)11-7/h3-4H,1-2H3. The summed E-state index contributed by atoms with van der Waals surface area (Å²) in [4.78, 5) is 15.6. The third kappa shape index (κ3) is 1.27. The molecule has 0 bridgehead atoms. The van der Waals surface area contributed by atoms with Gasteiger partial charge in [-0.2, -0.15) is 0 Å². The number of cyclic esters (lactones) is 1. The van der Waals surface area contributed by atoms with Crippen molar-refractivity contribution in [2.45, 2.75) is 19.4 Å². The van der Waals surface area contributed by atoms with Crippen molar-refractivity contribution in [2.75, 3.05) is 0 Å². The molecule has 0 aliphatic carbocycles. The van der Waals surface area contributed by atoms with Gasteiger partial charge in [-0.3, -0.25) is 0 Å². The van der Waals surface area contributed by atoms with Crippen molar-refractivity contribution in [3.8, 4) is 0 Å². The fourth-order valence-electron chi connectivity index (χ4n) is 1.41. The predicted molar refractivity (Wildman–Crippen MR) is 48.1 cm³/mol. The van der Waals surface area contributed by atoms with Crippen LogP contribution in [0.5, 0.6) is 0 Å². The summed E-state index contributed by atoms with van der Waals surface area (Å²) >= 11 is 2.35. The van der Waals surface area contributed by atoms with Crippen molar-refractivity contribution in [2.24, 2.45) is 0 Å². The van der Waals surface area contributed by atoms with E-state index in [2.05, 4.69) is 21.8 Å². The Labute approximate surface area is 85.0 Å². The Morgan fingerprint density at radius 3 is 2.85 bits per heavy atom. The van der Waals surface area contributed by atoms with Crippen LogP contribution in [0.2, 0.25) is 0 Å². The average Bonchev–Trinajstić information content (AvgIpc) is 2.23. The summed E-state index contributed by atoms with van der Waals surface area (Å²) in [7, 11) is 0. The van der Waals surface area contributed by atoms with E-state index in [-0.39, 0.29) is 5.97 Å². The van der Waals surface area contributed by atoms with Gasteiger partial charge in [0.15, 0.2) is 0 Å². The first-order valence-corrected chi connectivity index (χ1v) is 4.88. The zero-order valence-electron chi connectivity index (χ0n) is 7.37. The Morgan fingerprint density at radius 2 is 2.15 bits per heavy atom. The van der Waals surface area contributed by atoms with Crippen molar-refractivity contribution in [1.82, 2.24) is 4.98 Å². The Bertz CT molecular complexity index is 387. The van der Waals surface area contributed by atoms with Gasteiger partial charge in [-0.25, -0.2) is 0 Å². The number of hydrogen-bond donors (Lipinski definition) is 0. The van der Waals surface area contributed by atoms with Crippen LogP contribution in [-0.2, 0) is 10.3 Å². The first-order valence-electron chi connectivity index (χ1n) is 3.94. The number of ether oxygens (including phenoxy) is 1. The van der Waals surface area contributed by atoms with Crippen LogP contribution in [0, 0.1) is 0 Å². The average molecular weight is 237 g/mol. The van der Waals surface area contributed by atoms with Gasteiger partial charge < -0.3 is 0 Å². The third-order valence-corrected chi connectivity index (χ3v) is 2.54. The van der Waals surface area contributed by atoms with E-state index in [1.807, 2.05) is 13.8 Å². The zero-order valence-corrected chi connectivity index (χ0v) is 9.24. The quantitative estimate of drug-likeness (QED) is 0.480. The number of carbonyl (C=O) groups is 1. The molecule has 1 aliphatic heterocycles. The van der Waals surface area contributed by atoms with Gasteiger partial charge in [-0.1, -0.05) is 0 Å². The van der Waals surface area contributed by atoms with Crippen LogP contribution in [0.4, 0.5) is 0 Å². The van der Waals surface area contributed by atoms with Crippen LogP contribution < -0.4 is 4.48 Å². The van der Waals surface area contributed by atoms with Gasteiger partial charge in [-0.05, 0) is 0 Å². The molecular weight excluding hydrogens is 229 g/mol. The predicted octanol–water partition coefficient (Wildman–Crippen LogP) is 0.281. The molecule has 1 aromatic rings. The van der Waals surface area contributed by atoms with Crippen molar-refractivity contribution >= 4 is 27.3 Å². The molecule has 0 saturated carbocycles. The van der Waals surface area contributed by atoms with Crippen LogP contribution in [-0.4, -0.2) is 27.8 Å². The van der Waals surface area contributed by atoms with E-state index in [1.54, 1.807) is 12.1 Å². The van der Waals surface area contributed by atoms with Crippen LogP contribution in [0.15, 0.2) is 12.1 Å². The second-order valence-corrected chi connectivity index (χ2v) is 4.43. The number of rotatable bonds is 0. The maximum atomic E-state index is 11.3. The van der Waals surface area contributed by atoms with Gasteiger partial charge in [0, 0.05) is 0 Å². The summed E-state index contributed by atoms with van der Waals surface area (Å²) in [6.07, 6.45) is 0. The summed E-state index contributed by atoms with van der Waals surface area (Å²) in [6.45, 7) is 3.69. The Hall–Kier alpha value is -0.822. The van der Waals surface area contributed by atoms with Gasteiger partial charge in [0.1, 0.15) is 0 Å². The molecule has 2 radical (unpaired) electrons. The zero-order chi connectivity index (χ0) is 9.64. The molecule has 0 spiro atoms. The summed E-state index contributed by atoms with van der Waals surface area (Å²) in [5.74, 6) is -0.278. The first kappa shape index (κ1) is 8.76. The molecule has 66 valence electrons. The van der Waals surface area contributed by atoms with E-state index in [4.69, 9.17) is 4.74 Å². The van der Waals surface area contributed by atoms with Crippen LogP contribution in [0.25, 0.3) is 0 Å². The molecule has 0 unspecified atom stereocenters. The second kappa shape index (κ2) is 2.58. The molecule has 0 N–H and O–H groups in total. The van der Waals surface area contributed by atoms with Gasteiger partial charge in [0.2, 0.25) is 0 Å². The Kier molecular flexibility index (Phi) is 1.74. The molecular formula is C9H8AsNO2. The summed E-state index contributed by atoms with van der Waals surface area (Å²) < 4.78 is 6.01. The van der Waals surface area contributed by atoms with E-state index in [0.717, 1.165) is 10.2 Å². The van der Waals surface area contributed by atoms with E-state index in [0.29, 0.717) is 5.56 Å². The molecule has 0 saturated heterocycles. The number of hydrogen-bond acceptors (Lipinski definition) is 3. The molecule has 0 amide bonds. The number of pyridine rings is 1. The fraction of sp³-hybridized carbons (Fsp3) is 0.333. The van der Waals surface area contributed by atoms with Gasteiger partial charge >= 0.3 is 84.7 Å². The van der Waals surface area contributed by atoms with Gasteiger partial charge in [-0.15, -0.1) is 0 Å². The topological polar surface area (TPSA) is 39.2 Å². The molecule has 1 aliphatic rings. The van der Waals surface area contributed by atoms with E-state index in [9.17, 15) is 4.79 Å². The minimum absolute atomic E-state index is 0.278. The molecule has 0 aromatic carbocycles. The number of esters is 1. The second-order valence-electron chi connectivity index (χ2n) is 3.47. The van der Waals surface area contributed by atoms with Gasteiger partial charge in [0.05, 0.1) is 0 Å². The van der Waals surface area contributed by atoms with E-state index >= 15 is 0 Å². The molecule has 0 fully saturated rings. The normalized spacial score (nSPS) is 18.2. The monoisotopic (exact) mass is 237 g/mol. The maximum absolute atomic E-state index is 11.3. The number of fused-ring (bicyclic) bond motifs is 1. The Balaban J connectivity index is 2.66. The minimum atomic E-state index is -0.581. The number of nitrogens with zero attached hydrogens (tertiary/aromatic N) is 1. The number of carbonyl (C=O) groups excluding carboxylic acids is 1. The van der Waals surface area contributed by atoms with Crippen LogP contribution >= 0.6 is 0 Å². The van der Waals surface area contributed by atoms with Gasteiger partial charge in [0.25, 0.3) is 0 Å². The summed E-state index contributed by atoms with van der Waals surface area (Å²) in [6, 6.07) is 3.55. The molecule has 13 heavy (non-hydrogen) atoms. The first-order chi connectivity index (χ1) is 6.00. The summed E-state index contributed by atoms with van der Waals surface area (Å²) in [5.41, 5.74) is 0.734. The van der Waals surface area contributed by atoms with Crippen molar-refractivity contribution in [1.29, 1.82) is 0 Å². The Morgan fingerprint density at radius 1 is 1.46 bits per heavy atom. The molecule has 4 heteroatoms.